The maximum Gasteiger partial charge on any atom is 0.265 e. The van der Waals surface area contributed by atoms with Gasteiger partial charge in [0.15, 0.2) is 5.13 Å². The molecule has 1 aliphatic carbocycles. The highest BCUT2D eigenvalue weighted by Crippen LogP contribution is 2.33. The maximum atomic E-state index is 13.3. The van der Waals surface area contributed by atoms with Crippen LogP contribution >= 0.6 is 27.3 Å². The van der Waals surface area contributed by atoms with Crippen LogP contribution in [0, 0.1) is 5.82 Å². The van der Waals surface area contributed by atoms with E-state index >= 15 is 0 Å². The van der Waals surface area contributed by atoms with Gasteiger partial charge in [-0.25, -0.2) is 17.8 Å². The van der Waals surface area contributed by atoms with E-state index in [1.807, 2.05) is 0 Å². The number of hydrogen-bond donors (Lipinski definition) is 2. The topological polar surface area (TPSA) is 85.1 Å². The summed E-state index contributed by atoms with van der Waals surface area (Å²) in [5.41, 5.74) is 6.41. The number of halogens is 2. The molecule has 0 fully saturated rings. The third kappa shape index (κ3) is 2.77. The molecule has 1 aromatic heterocycles. The Labute approximate surface area is 133 Å². The molecule has 0 spiro atoms. The van der Waals surface area contributed by atoms with E-state index in [2.05, 4.69) is 25.6 Å². The smallest absolute Gasteiger partial charge is 0.265 e. The zero-order valence-electron chi connectivity index (χ0n) is 10.7. The summed E-state index contributed by atoms with van der Waals surface area (Å²) in [5, 5.41) is 0.319. The van der Waals surface area contributed by atoms with Gasteiger partial charge in [-0.15, -0.1) is 11.3 Å². The molecule has 21 heavy (non-hydrogen) atoms. The lowest BCUT2D eigenvalue weighted by atomic mass is 10.3. The van der Waals surface area contributed by atoms with Gasteiger partial charge in [-0.05, 0) is 47.3 Å². The summed E-state index contributed by atoms with van der Waals surface area (Å²) in [6.45, 7) is 0. The van der Waals surface area contributed by atoms with Crippen molar-refractivity contribution in [1.82, 2.24) is 4.98 Å². The second-order valence-electron chi connectivity index (χ2n) is 4.65. The number of aryl methyl sites for hydroxylation is 2. The number of rotatable bonds is 3. The second-order valence-corrected chi connectivity index (χ2v) is 8.24. The Hall–Kier alpha value is -1.19. The number of nitrogens with zero attached hydrogens (tertiary/aromatic N) is 1. The Morgan fingerprint density at radius 2 is 2.14 bits per heavy atom. The molecular formula is C12H11BrFN3O2S2. The van der Waals surface area contributed by atoms with Crippen LogP contribution in [0.25, 0.3) is 0 Å². The van der Waals surface area contributed by atoms with Gasteiger partial charge in [0.25, 0.3) is 10.0 Å². The van der Waals surface area contributed by atoms with Crippen molar-refractivity contribution in [3.63, 3.8) is 0 Å². The van der Waals surface area contributed by atoms with E-state index < -0.39 is 15.8 Å². The number of nitrogen functional groups attached to an aromatic ring is 1. The first-order valence-corrected chi connectivity index (χ1v) is 9.22. The molecule has 3 rings (SSSR count). The molecule has 0 bridgehead atoms. The largest absolute Gasteiger partial charge is 0.398 e. The monoisotopic (exact) mass is 391 g/mol. The SMILES string of the molecule is Nc1cc(F)c(Br)cc1S(=O)(=O)Nc1nc2c(s1)CCC2. The summed E-state index contributed by atoms with van der Waals surface area (Å²) >= 11 is 4.29. The molecule has 0 atom stereocenters. The van der Waals surface area contributed by atoms with E-state index in [0.717, 1.165) is 42.0 Å². The van der Waals surface area contributed by atoms with E-state index in [4.69, 9.17) is 5.73 Å². The highest BCUT2D eigenvalue weighted by Gasteiger charge is 2.23. The minimum absolute atomic E-state index is 0.0405. The van der Waals surface area contributed by atoms with Crippen molar-refractivity contribution in [2.24, 2.45) is 0 Å². The van der Waals surface area contributed by atoms with Crippen molar-refractivity contribution in [3.05, 3.63) is 33.0 Å². The van der Waals surface area contributed by atoms with Gasteiger partial charge in [-0.2, -0.15) is 0 Å². The Kier molecular flexibility index (Phi) is 3.66. The lowest BCUT2D eigenvalue weighted by Gasteiger charge is -2.09. The zero-order valence-corrected chi connectivity index (χ0v) is 13.9. The average Bonchev–Trinajstić information content (AvgIpc) is 2.93. The number of fused-ring (bicyclic) bond motifs is 1. The lowest BCUT2D eigenvalue weighted by Crippen LogP contribution is -2.15. The van der Waals surface area contributed by atoms with Crippen LogP contribution in [-0.2, 0) is 22.9 Å². The molecule has 0 aliphatic heterocycles. The molecule has 1 heterocycles. The summed E-state index contributed by atoms with van der Waals surface area (Å²) < 4.78 is 40.5. The molecular weight excluding hydrogens is 381 g/mol. The van der Waals surface area contributed by atoms with Crippen LogP contribution in [0.5, 0.6) is 0 Å². The third-order valence-electron chi connectivity index (χ3n) is 3.16. The Morgan fingerprint density at radius 1 is 1.38 bits per heavy atom. The Morgan fingerprint density at radius 3 is 2.86 bits per heavy atom. The van der Waals surface area contributed by atoms with Crippen LogP contribution in [0.15, 0.2) is 21.5 Å². The molecule has 0 saturated heterocycles. The van der Waals surface area contributed by atoms with Gasteiger partial charge in [-0.3, -0.25) is 4.72 Å². The standard InChI is InChI=1S/C12H11BrFN3O2S2/c13-6-4-11(8(15)5-7(6)14)21(18,19)17-12-16-9-2-1-3-10(9)20-12/h4-5H,1-3,15H2,(H,16,17). The van der Waals surface area contributed by atoms with Crippen LogP contribution < -0.4 is 10.5 Å². The van der Waals surface area contributed by atoms with Gasteiger partial charge in [0, 0.05) is 4.88 Å². The van der Waals surface area contributed by atoms with Gasteiger partial charge >= 0.3 is 0 Å². The third-order valence-corrected chi connectivity index (χ3v) is 6.36. The fraction of sp³-hybridized carbons (Fsp3) is 0.250. The normalized spacial score (nSPS) is 14.2. The quantitative estimate of drug-likeness (QED) is 0.787. The van der Waals surface area contributed by atoms with E-state index in [0.29, 0.717) is 5.13 Å². The van der Waals surface area contributed by atoms with Crippen LogP contribution in [0.3, 0.4) is 0 Å². The summed E-state index contributed by atoms with van der Waals surface area (Å²) in [5.74, 6) is -0.611. The molecule has 2 aromatic rings. The number of anilines is 2. The van der Waals surface area contributed by atoms with Gasteiger partial charge in [-0.1, -0.05) is 0 Å². The predicted octanol–water partition coefficient (Wildman–Crippen LogP) is 2.92. The molecule has 1 aromatic carbocycles. The molecule has 112 valence electrons. The molecule has 9 heteroatoms. The number of aromatic nitrogens is 1. The van der Waals surface area contributed by atoms with Gasteiger partial charge in [0.05, 0.1) is 15.9 Å². The van der Waals surface area contributed by atoms with E-state index in [-0.39, 0.29) is 15.1 Å². The Balaban J connectivity index is 1.95. The molecule has 0 amide bonds. The fourth-order valence-corrected chi connectivity index (χ4v) is 5.10. The van der Waals surface area contributed by atoms with Gasteiger partial charge in [0.2, 0.25) is 0 Å². The Bertz CT molecular complexity index is 799. The van der Waals surface area contributed by atoms with Crippen molar-refractivity contribution in [3.8, 4) is 0 Å². The van der Waals surface area contributed by atoms with Crippen molar-refractivity contribution in [2.75, 3.05) is 10.5 Å². The molecule has 0 saturated carbocycles. The summed E-state index contributed by atoms with van der Waals surface area (Å²) in [6, 6.07) is 2.12. The predicted molar refractivity (Wildman–Crippen MR) is 83.5 cm³/mol. The second kappa shape index (κ2) is 5.22. The zero-order chi connectivity index (χ0) is 15.2. The number of hydrogen-bond acceptors (Lipinski definition) is 5. The van der Waals surface area contributed by atoms with E-state index in [1.165, 1.54) is 11.3 Å². The number of benzene rings is 1. The number of thiazole rings is 1. The molecule has 5 nitrogen and oxygen atoms in total. The first-order valence-electron chi connectivity index (χ1n) is 6.13. The van der Waals surface area contributed by atoms with Crippen LogP contribution in [-0.4, -0.2) is 13.4 Å². The minimum Gasteiger partial charge on any atom is -0.398 e. The maximum absolute atomic E-state index is 13.3. The van der Waals surface area contributed by atoms with Gasteiger partial charge in [0.1, 0.15) is 10.7 Å². The molecule has 3 N–H and O–H groups in total. The first-order chi connectivity index (χ1) is 9.87. The van der Waals surface area contributed by atoms with Crippen molar-refractivity contribution >= 4 is 48.1 Å². The first kappa shape index (κ1) is 14.7. The summed E-state index contributed by atoms with van der Waals surface area (Å²) in [6.07, 6.45) is 2.86. The molecule has 0 unspecified atom stereocenters. The van der Waals surface area contributed by atoms with Crippen molar-refractivity contribution in [1.29, 1.82) is 0 Å². The number of nitrogens with two attached hydrogens (primary N) is 1. The lowest BCUT2D eigenvalue weighted by molar-refractivity contribution is 0.599. The van der Waals surface area contributed by atoms with Crippen molar-refractivity contribution in [2.45, 2.75) is 24.2 Å². The average molecular weight is 392 g/mol. The molecule has 1 aliphatic rings. The fourth-order valence-electron chi connectivity index (χ4n) is 2.18. The highest BCUT2D eigenvalue weighted by molar-refractivity contribution is 9.10. The minimum atomic E-state index is -3.89. The summed E-state index contributed by atoms with van der Waals surface area (Å²) in [7, 11) is -3.89. The van der Waals surface area contributed by atoms with Crippen LogP contribution in [0.1, 0.15) is 17.0 Å². The highest BCUT2D eigenvalue weighted by atomic mass is 79.9. The van der Waals surface area contributed by atoms with Crippen LogP contribution in [0.4, 0.5) is 15.2 Å². The van der Waals surface area contributed by atoms with Crippen molar-refractivity contribution < 1.29 is 12.8 Å². The summed E-state index contributed by atoms with van der Waals surface area (Å²) in [4.78, 5) is 5.21. The van der Waals surface area contributed by atoms with E-state index in [9.17, 15) is 12.8 Å². The number of sulfonamides is 1. The number of nitrogens with one attached hydrogen (secondary N) is 1. The van der Waals surface area contributed by atoms with Crippen LogP contribution in [0.2, 0.25) is 0 Å². The molecule has 0 radical (unpaired) electrons. The van der Waals surface area contributed by atoms with E-state index in [1.54, 1.807) is 0 Å². The van der Waals surface area contributed by atoms with Gasteiger partial charge < -0.3 is 5.73 Å².